The van der Waals surface area contributed by atoms with Crippen LogP contribution in [0.15, 0.2) is 24.3 Å². The highest BCUT2D eigenvalue weighted by atomic mass is 16.5. The van der Waals surface area contributed by atoms with Gasteiger partial charge in [-0.25, -0.2) is 4.79 Å². The molecule has 1 atom stereocenters. The van der Waals surface area contributed by atoms with Crippen LogP contribution in [0.1, 0.15) is 44.6 Å². The zero-order valence-corrected chi connectivity index (χ0v) is 15.0. The van der Waals surface area contributed by atoms with Gasteiger partial charge in [-0.1, -0.05) is 31.4 Å². The second-order valence-corrected chi connectivity index (χ2v) is 6.87. The Morgan fingerprint density at radius 3 is 2.46 bits per heavy atom. The standard InChI is InChI=1S/C19H30N2O3/c1-15(13-22)21(2)18(23)20-14-19(11-5-4-6-12-19)16-7-9-17(24-3)10-8-16/h7-10,15,22H,4-6,11-14H2,1-3H3,(H,20,23). The predicted molar refractivity (Wildman–Crippen MR) is 95.5 cm³/mol. The lowest BCUT2D eigenvalue weighted by atomic mass is 9.69. The molecule has 1 fully saturated rings. The lowest BCUT2D eigenvalue weighted by Gasteiger charge is -2.39. The highest BCUT2D eigenvalue weighted by Gasteiger charge is 2.34. The summed E-state index contributed by atoms with van der Waals surface area (Å²) in [6, 6.07) is 7.91. The normalized spacial score (nSPS) is 17.8. The Hall–Kier alpha value is -1.75. The summed E-state index contributed by atoms with van der Waals surface area (Å²) in [7, 11) is 3.39. The van der Waals surface area contributed by atoms with E-state index in [0.29, 0.717) is 6.54 Å². The van der Waals surface area contributed by atoms with E-state index in [2.05, 4.69) is 17.4 Å². The van der Waals surface area contributed by atoms with Crippen molar-refractivity contribution in [2.45, 2.75) is 50.5 Å². The molecule has 1 saturated carbocycles. The third kappa shape index (κ3) is 4.20. The minimum Gasteiger partial charge on any atom is -0.497 e. The van der Waals surface area contributed by atoms with Crippen molar-refractivity contribution >= 4 is 6.03 Å². The molecule has 24 heavy (non-hydrogen) atoms. The van der Waals surface area contributed by atoms with Gasteiger partial charge in [-0.3, -0.25) is 0 Å². The van der Waals surface area contributed by atoms with Crippen LogP contribution in [0, 0.1) is 0 Å². The van der Waals surface area contributed by atoms with E-state index in [9.17, 15) is 9.90 Å². The lowest BCUT2D eigenvalue weighted by molar-refractivity contribution is 0.153. The van der Waals surface area contributed by atoms with Crippen LogP contribution in [-0.4, -0.2) is 49.4 Å². The van der Waals surface area contributed by atoms with Gasteiger partial charge in [-0.15, -0.1) is 0 Å². The van der Waals surface area contributed by atoms with Crippen LogP contribution >= 0.6 is 0 Å². The van der Waals surface area contributed by atoms with E-state index < -0.39 is 0 Å². The molecule has 1 aromatic rings. The molecule has 1 unspecified atom stereocenters. The Bertz CT molecular complexity index is 524. The summed E-state index contributed by atoms with van der Waals surface area (Å²) in [6.07, 6.45) is 5.79. The lowest BCUT2D eigenvalue weighted by Crippen LogP contribution is -2.49. The molecule has 0 spiro atoms. The van der Waals surface area contributed by atoms with Crippen LogP contribution in [0.3, 0.4) is 0 Å². The van der Waals surface area contributed by atoms with Crippen molar-refractivity contribution in [3.8, 4) is 5.75 Å². The second kappa shape index (κ2) is 8.38. The molecule has 5 nitrogen and oxygen atoms in total. The molecule has 1 aliphatic carbocycles. The molecule has 2 amide bonds. The Kier molecular flexibility index (Phi) is 6.49. The van der Waals surface area contributed by atoms with Crippen LogP contribution in [0.2, 0.25) is 0 Å². The zero-order valence-electron chi connectivity index (χ0n) is 15.0. The zero-order chi connectivity index (χ0) is 17.6. The first kappa shape index (κ1) is 18.6. The molecule has 0 bridgehead atoms. The maximum absolute atomic E-state index is 12.3. The number of likely N-dealkylation sites (N-methyl/N-ethyl adjacent to an activating group) is 1. The summed E-state index contributed by atoms with van der Waals surface area (Å²) in [6.45, 7) is 2.42. The number of benzene rings is 1. The van der Waals surface area contributed by atoms with Gasteiger partial charge in [0.15, 0.2) is 0 Å². The van der Waals surface area contributed by atoms with Crippen molar-refractivity contribution in [2.24, 2.45) is 0 Å². The van der Waals surface area contributed by atoms with Gasteiger partial charge in [0.05, 0.1) is 19.8 Å². The van der Waals surface area contributed by atoms with Gasteiger partial charge in [0, 0.05) is 19.0 Å². The maximum Gasteiger partial charge on any atom is 0.317 e. The largest absolute Gasteiger partial charge is 0.497 e. The van der Waals surface area contributed by atoms with Gasteiger partial charge < -0.3 is 20.1 Å². The Morgan fingerprint density at radius 2 is 1.92 bits per heavy atom. The average molecular weight is 334 g/mol. The summed E-state index contributed by atoms with van der Waals surface area (Å²) < 4.78 is 5.26. The number of nitrogens with one attached hydrogen (secondary N) is 1. The number of urea groups is 1. The molecule has 1 aromatic carbocycles. The van der Waals surface area contributed by atoms with Crippen molar-refractivity contribution in [1.82, 2.24) is 10.2 Å². The molecular weight excluding hydrogens is 304 g/mol. The molecule has 0 aromatic heterocycles. The number of methoxy groups -OCH3 is 1. The summed E-state index contributed by atoms with van der Waals surface area (Å²) in [5.74, 6) is 0.852. The number of carbonyl (C=O) groups excluding carboxylic acids is 1. The molecular formula is C19H30N2O3. The minimum atomic E-state index is -0.187. The van der Waals surface area contributed by atoms with Crippen LogP contribution in [-0.2, 0) is 5.41 Å². The fourth-order valence-corrected chi connectivity index (χ4v) is 3.43. The van der Waals surface area contributed by atoms with Crippen molar-refractivity contribution in [3.63, 3.8) is 0 Å². The SMILES string of the molecule is COc1ccc(C2(CNC(=O)N(C)C(C)CO)CCCCC2)cc1. The van der Waals surface area contributed by atoms with E-state index in [-0.39, 0.29) is 24.1 Å². The van der Waals surface area contributed by atoms with E-state index >= 15 is 0 Å². The van der Waals surface area contributed by atoms with Gasteiger partial charge in [-0.05, 0) is 37.5 Å². The van der Waals surface area contributed by atoms with E-state index in [1.165, 1.54) is 24.8 Å². The first-order valence-electron chi connectivity index (χ1n) is 8.78. The van der Waals surface area contributed by atoms with Gasteiger partial charge in [0.25, 0.3) is 0 Å². The molecule has 2 N–H and O–H groups in total. The monoisotopic (exact) mass is 334 g/mol. The predicted octanol–water partition coefficient (Wildman–Crippen LogP) is 2.92. The quantitative estimate of drug-likeness (QED) is 0.841. The molecule has 134 valence electrons. The molecule has 1 aliphatic rings. The number of ether oxygens (including phenoxy) is 1. The van der Waals surface area contributed by atoms with E-state index in [1.807, 2.05) is 19.1 Å². The molecule has 0 radical (unpaired) electrons. The second-order valence-electron chi connectivity index (χ2n) is 6.87. The van der Waals surface area contributed by atoms with Crippen molar-refractivity contribution in [1.29, 1.82) is 0 Å². The van der Waals surface area contributed by atoms with E-state index in [1.54, 1.807) is 19.1 Å². The van der Waals surface area contributed by atoms with Gasteiger partial charge in [0.2, 0.25) is 0 Å². The summed E-state index contributed by atoms with van der Waals surface area (Å²) in [5, 5.41) is 12.3. The molecule has 5 heteroatoms. The number of aliphatic hydroxyl groups excluding tert-OH is 1. The maximum atomic E-state index is 12.3. The number of carbonyl (C=O) groups is 1. The Labute approximate surface area is 145 Å². The number of amides is 2. The van der Waals surface area contributed by atoms with Crippen LogP contribution in [0.25, 0.3) is 0 Å². The average Bonchev–Trinajstić information content (AvgIpc) is 2.65. The molecule has 0 saturated heterocycles. The number of aliphatic hydroxyl groups is 1. The summed E-state index contributed by atoms with van der Waals surface area (Å²) >= 11 is 0. The van der Waals surface area contributed by atoms with Crippen molar-refractivity contribution < 1.29 is 14.6 Å². The summed E-state index contributed by atoms with van der Waals surface area (Å²) in [4.78, 5) is 13.9. The number of hydrogen-bond donors (Lipinski definition) is 2. The molecule has 0 aliphatic heterocycles. The smallest absolute Gasteiger partial charge is 0.317 e. The fraction of sp³-hybridized carbons (Fsp3) is 0.632. The van der Waals surface area contributed by atoms with E-state index in [0.717, 1.165) is 18.6 Å². The molecule has 0 heterocycles. The third-order valence-corrected chi connectivity index (χ3v) is 5.34. The Balaban J connectivity index is 2.11. The Morgan fingerprint density at radius 1 is 1.29 bits per heavy atom. The minimum absolute atomic E-state index is 0.0104. The van der Waals surface area contributed by atoms with Gasteiger partial charge in [0.1, 0.15) is 5.75 Å². The highest BCUT2D eigenvalue weighted by Crippen LogP contribution is 2.39. The van der Waals surface area contributed by atoms with Crippen molar-refractivity contribution in [3.05, 3.63) is 29.8 Å². The van der Waals surface area contributed by atoms with Crippen molar-refractivity contribution in [2.75, 3.05) is 27.3 Å². The van der Waals surface area contributed by atoms with Crippen LogP contribution in [0.5, 0.6) is 5.75 Å². The fourth-order valence-electron chi connectivity index (χ4n) is 3.43. The number of rotatable bonds is 6. The first-order chi connectivity index (χ1) is 11.5. The van der Waals surface area contributed by atoms with Crippen LogP contribution < -0.4 is 10.1 Å². The highest BCUT2D eigenvalue weighted by molar-refractivity contribution is 5.74. The summed E-state index contributed by atoms with van der Waals surface area (Å²) in [5.41, 5.74) is 1.25. The van der Waals surface area contributed by atoms with Gasteiger partial charge in [-0.2, -0.15) is 0 Å². The number of nitrogens with zero attached hydrogens (tertiary/aromatic N) is 1. The van der Waals surface area contributed by atoms with Gasteiger partial charge >= 0.3 is 6.03 Å². The topological polar surface area (TPSA) is 61.8 Å². The van der Waals surface area contributed by atoms with Crippen LogP contribution in [0.4, 0.5) is 4.79 Å². The molecule has 2 rings (SSSR count). The number of hydrogen-bond acceptors (Lipinski definition) is 3. The third-order valence-electron chi connectivity index (χ3n) is 5.34. The first-order valence-corrected chi connectivity index (χ1v) is 8.78. The van der Waals surface area contributed by atoms with E-state index in [4.69, 9.17) is 4.74 Å².